The predicted octanol–water partition coefficient (Wildman–Crippen LogP) is 0.300. The summed E-state index contributed by atoms with van der Waals surface area (Å²) < 4.78 is 10.4. The maximum Gasteiger partial charge on any atom is 0.320 e. The second-order valence-corrected chi connectivity index (χ2v) is 4.91. The lowest BCUT2D eigenvalue weighted by molar-refractivity contribution is -0.139. The highest BCUT2D eigenvalue weighted by Gasteiger charge is 2.16. The molecule has 0 bridgehead atoms. The zero-order valence-corrected chi connectivity index (χ0v) is 13.4. The Morgan fingerprint density at radius 3 is 2.57 bits per heavy atom. The number of aliphatic carboxylic acids is 1. The van der Waals surface area contributed by atoms with Crippen LogP contribution in [0.15, 0.2) is 23.2 Å². The highest BCUT2D eigenvalue weighted by atomic mass is 16.5. The fraction of sp³-hybridized carbons (Fsp3) is 0.467. The topological polar surface area (TPSA) is 132 Å². The maximum absolute atomic E-state index is 11.3. The molecule has 6 N–H and O–H groups in total. The van der Waals surface area contributed by atoms with Gasteiger partial charge in [0.25, 0.3) is 0 Å². The molecule has 1 aromatic rings. The lowest BCUT2D eigenvalue weighted by Gasteiger charge is -2.15. The molecule has 23 heavy (non-hydrogen) atoms. The first-order valence-electron chi connectivity index (χ1n) is 7.20. The fourth-order valence-electron chi connectivity index (χ4n) is 2.05. The van der Waals surface area contributed by atoms with Gasteiger partial charge in [0.15, 0.2) is 17.5 Å². The van der Waals surface area contributed by atoms with Gasteiger partial charge in [-0.3, -0.25) is 9.79 Å². The van der Waals surface area contributed by atoms with Crippen LogP contribution in [0.1, 0.15) is 18.4 Å². The number of nitrogens with zero attached hydrogens (tertiary/aromatic N) is 1. The maximum atomic E-state index is 11.3. The van der Waals surface area contributed by atoms with Crippen LogP contribution in [0.3, 0.4) is 0 Å². The summed E-state index contributed by atoms with van der Waals surface area (Å²) in [6.07, 6.45) is 1.01. The van der Waals surface area contributed by atoms with Crippen LogP contribution in [0.25, 0.3) is 0 Å². The Hall–Kier alpha value is -2.48. The molecule has 8 heteroatoms. The van der Waals surface area contributed by atoms with Gasteiger partial charge in [0.05, 0.1) is 14.2 Å². The molecule has 1 rings (SSSR count). The molecule has 0 aromatic heterocycles. The van der Waals surface area contributed by atoms with E-state index in [1.165, 1.54) is 0 Å². The zero-order chi connectivity index (χ0) is 17.2. The van der Waals surface area contributed by atoms with Crippen molar-refractivity contribution < 1.29 is 19.4 Å². The molecule has 0 radical (unpaired) electrons. The van der Waals surface area contributed by atoms with Crippen molar-refractivity contribution in [3.05, 3.63) is 23.8 Å². The minimum Gasteiger partial charge on any atom is -0.493 e. The Kier molecular flexibility index (Phi) is 7.69. The Bertz CT molecular complexity index is 544. The van der Waals surface area contributed by atoms with Crippen molar-refractivity contribution in [2.45, 2.75) is 25.4 Å². The van der Waals surface area contributed by atoms with E-state index in [9.17, 15) is 9.90 Å². The van der Waals surface area contributed by atoms with Crippen LogP contribution in [-0.4, -0.2) is 43.8 Å². The van der Waals surface area contributed by atoms with Gasteiger partial charge in [-0.1, -0.05) is 6.07 Å². The van der Waals surface area contributed by atoms with Crippen molar-refractivity contribution in [3.8, 4) is 11.5 Å². The number of carboxylic acid groups (broad SMARTS) is 1. The third-order valence-electron chi connectivity index (χ3n) is 3.24. The Balaban J connectivity index is 2.58. The van der Waals surface area contributed by atoms with Gasteiger partial charge in [0, 0.05) is 13.1 Å². The molecular formula is C15H24N4O4. The number of nitrogens with two attached hydrogens (primary N) is 2. The number of benzene rings is 1. The van der Waals surface area contributed by atoms with Crippen LogP contribution in [-0.2, 0) is 11.3 Å². The first kappa shape index (κ1) is 18.6. The first-order valence-corrected chi connectivity index (χ1v) is 7.20. The molecule has 1 aromatic carbocycles. The number of nitrogens with one attached hydrogen (secondary N) is 1. The summed E-state index contributed by atoms with van der Waals surface area (Å²) in [6, 6.07) is 4.78. The number of rotatable bonds is 10. The molecule has 0 saturated heterocycles. The molecule has 0 spiro atoms. The molecule has 0 unspecified atom stereocenters. The number of hydrogen-bond acceptors (Lipinski definition) is 5. The molecule has 0 aliphatic carbocycles. The van der Waals surface area contributed by atoms with Crippen LogP contribution in [0.2, 0.25) is 0 Å². The lowest BCUT2D eigenvalue weighted by atomic mass is 10.1. The van der Waals surface area contributed by atoms with E-state index in [0.29, 0.717) is 37.4 Å². The molecule has 0 heterocycles. The fourth-order valence-corrected chi connectivity index (χ4v) is 2.05. The van der Waals surface area contributed by atoms with Gasteiger partial charge >= 0.3 is 5.97 Å². The number of carbonyl (C=O) groups is 1. The van der Waals surface area contributed by atoms with Crippen molar-refractivity contribution in [3.63, 3.8) is 0 Å². The Morgan fingerprint density at radius 2 is 2.00 bits per heavy atom. The summed E-state index contributed by atoms with van der Waals surface area (Å²) in [6.45, 7) is 0.809. The molecule has 0 fully saturated rings. The van der Waals surface area contributed by atoms with E-state index in [1.807, 2.05) is 12.1 Å². The van der Waals surface area contributed by atoms with E-state index in [-0.39, 0.29) is 5.96 Å². The molecule has 0 aliphatic rings. The number of aliphatic imine (C=N–C) groups is 1. The van der Waals surface area contributed by atoms with Gasteiger partial charge < -0.3 is 31.4 Å². The largest absolute Gasteiger partial charge is 0.493 e. The van der Waals surface area contributed by atoms with Crippen molar-refractivity contribution in [1.29, 1.82) is 0 Å². The summed E-state index contributed by atoms with van der Waals surface area (Å²) >= 11 is 0. The van der Waals surface area contributed by atoms with Gasteiger partial charge in [-0.2, -0.15) is 0 Å². The van der Waals surface area contributed by atoms with Gasteiger partial charge in [-0.05, 0) is 30.5 Å². The molecule has 8 nitrogen and oxygen atoms in total. The Morgan fingerprint density at radius 1 is 1.30 bits per heavy atom. The minimum atomic E-state index is -0.907. The van der Waals surface area contributed by atoms with E-state index in [4.69, 9.17) is 20.9 Å². The van der Waals surface area contributed by atoms with E-state index >= 15 is 0 Å². The van der Waals surface area contributed by atoms with Crippen LogP contribution in [0.4, 0.5) is 0 Å². The van der Waals surface area contributed by atoms with Crippen LogP contribution >= 0.6 is 0 Å². The van der Waals surface area contributed by atoms with Gasteiger partial charge in [0.2, 0.25) is 0 Å². The van der Waals surface area contributed by atoms with Crippen LogP contribution in [0.5, 0.6) is 11.5 Å². The van der Waals surface area contributed by atoms with Crippen molar-refractivity contribution >= 4 is 11.9 Å². The number of methoxy groups -OCH3 is 2. The van der Waals surface area contributed by atoms with E-state index in [0.717, 1.165) is 5.56 Å². The third-order valence-corrected chi connectivity index (χ3v) is 3.24. The number of ether oxygens (including phenoxy) is 2. The molecule has 1 atom stereocenters. The van der Waals surface area contributed by atoms with Crippen molar-refractivity contribution in [1.82, 2.24) is 5.32 Å². The summed E-state index contributed by atoms with van der Waals surface area (Å²) in [7, 11) is 3.12. The number of carboxylic acids is 1. The SMILES string of the molecule is COc1ccc(CN[C@@H](CCCN=C(N)N)C(=O)O)cc1OC. The molecule has 0 saturated carbocycles. The number of guanidine groups is 1. The summed E-state index contributed by atoms with van der Waals surface area (Å²) in [5.41, 5.74) is 11.4. The summed E-state index contributed by atoms with van der Waals surface area (Å²) in [5, 5.41) is 12.3. The monoisotopic (exact) mass is 324 g/mol. The smallest absolute Gasteiger partial charge is 0.320 e. The Labute approximate surface area is 135 Å². The van der Waals surface area contributed by atoms with Gasteiger partial charge in [-0.25, -0.2) is 0 Å². The normalized spacial score (nSPS) is 11.6. The van der Waals surface area contributed by atoms with Crippen molar-refractivity contribution in [2.75, 3.05) is 20.8 Å². The first-order chi connectivity index (χ1) is 11.0. The molecule has 0 aliphatic heterocycles. The highest BCUT2D eigenvalue weighted by Crippen LogP contribution is 2.27. The second kappa shape index (κ2) is 9.52. The zero-order valence-electron chi connectivity index (χ0n) is 13.4. The lowest BCUT2D eigenvalue weighted by Crippen LogP contribution is -2.36. The van der Waals surface area contributed by atoms with Crippen molar-refractivity contribution in [2.24, 2.45) is 16.5 Å². The van der Waals surface area contributed by atoms with E-state index in [2.05, 4.69) is 10.3 Å². The second-order valence-electron chi connectivity index (χ2n) is 4.91. The van der Waals surface area contributed by atoms with Gasteiger partial charge in [0.1, 0.15) is 6.04 Å². The highest BCUT2D eigenvalue weighted by molar-refractivity contribution is 5.75. The molecule has 128 valence electrons. The van der Waals surface area contributed by atoms with E-state index in [1.54, 1.807) is 20.3 Å². The predicted molar refractivity (Wildman–Crippen MR) is 87.7 cm³/mol. The molecular weight excluding hydrogens is 300 g/mol. The number of hydrogen-bond donors (Lipinski definition) is 4. The summed E-state index contributed by atoms with van der Waals surface area (Å²) in [5.74, 6) is 0.333. The standard InChI is InChI=1S/C15H24N4O4/c1-22-12-6-5-10(8-13(12)23-2)9-19-11(14(20)21)4-3-7-18-15(16)17/h5-6,8,11,19H,3-4,7,9H2,1-2H3,(H,20,21)(H4,16,17,18)/t11-/m0/s1. The average Bonchev–Trinajstić information content (AvgIpc) is 2.53. The third kappa shape index (κ3) is 6.43. The van der Waals surface area contributed by atoms with Crippen LogP contribution in [0, 0.1) is 0 Å². The van der Waals surface area contributed by atoms with Crippen LogP contribution < -0.4 is 26.3 Å². The average molecular weight is 324 g/mol. The molecule has 0 amide bonds. The minimum absolute atomic E-state index is 0.00941. The van der Waals surface area contributed by atoms with E-state index < -0.39 is 12.0 Å². The quantitative estimate of drug-likeness (QED) is 0.276. The summed E-state index contributed by atoms with van der Waals surface area (Å²) in [4.78, 5) is 15.1. The van der Waals surface area contributed by atoms with Gasteiger partial charge in [-0.15, -0.1) is 0 Å².